The molecule has 216 valence electrons. The lowest BCUT2D eigenvalue weighted by atomic mass is 9.99. The highest BCUT2D eigenvalue weighted by atomic mass is 19.4. The Labute approximate surface area is 230 Å². The molecule has 0 spiro atoms. The highest BCUT2D eigenvalue weighted by Crippen LogP contribution is 2.36. The van der Waals surface area contributed by atoms with E-state index in [9.17, 15) is 22.4 Å². The number of nitrogens with two attached hydrogens (primary N) is 2. The van der Waals surface area contributed by atoms with Gasteiger partial charge in [-0.3, -0.25) is 4.90 Å². The van der Waals surface area contributed by atoms with E-state index in [0.29, 0.717) is 60.2 Å². The number of aromatic nitrogens is 3. The summed E-state index contributed by atoms with van der Waals surface area (Å²) in [6.45, 7) is 3.08. The second-order valence-electron chi connectivity index (χ2n) is 9.31. The molecule has 0 unspecified atom stereocenters. The third-order valence-electron chi connectivity index (χ3n) is 6.64. The van der Waals surface area contributed by atoms with E-state index in [0.717, 1.165) is 24.8 Å². The first-order valence-corrected chi connectivity index (χ1v) is 12.4. The van der Waals surface area contributed by atoms with Gasteiger partial charge in [0.1, 0.15) is 23.5 Å². The third-order valence-corrected chi connectivity index (χ3v) is 6.64. The number of carbonyl (C=O) groups excluding carboxylic acids is 1. The number of alkyl halides is 3. The first-order valence-electron chi connectivity index (χ1n) is 12.4. The largest absolute Gasteiger partial charge is 0.416 e. The second-order valence-corrected chi connectivity index (χ2v) is 9.31. The molecule has 1 saturated heterocycles. The van der Waals surface area contributed by atoms with Gasteiger partial charge in [0.15, 0.2) is 5.82 Å². The Morgan fingerprint density at radius 1 is 1.00 bits per heavy atom. The van der Waals surface area contributed by atoms with Crippen LogP contribution >= 0.6 is 0 Å². The van der Waals surface area contributed by atoms with Crippen LogP contribution in [0.2, 0.25) is 0 Å². The number of amides is 2. The molecule has 0 bridgehead atoms. The fourth-order valence-electron chi connectivity index (χ4n) is 4.65. The van der Waals surface area contributed by atoms with Gasteiger partial charge in [-0.15, -0.1) is 0 Å². The molecule has 2 aromatic heterocycles. The SMILES string of the molecule is NCc1cc(NC(=O)Nc2cc(C(F)(F)F)ccc2F)c(F)cc1-c1cc(CN2CCOCC2)n2ncnc(N)c12. The number of nitrogens with zero attached hydrogens (tertiary/aromatic N) is 4. The number of rotatable bonds is 6. The van der Waals surface area contributed by atoms with Crippen LogP contribution in [0.4, 0.5) is 43.9 Å². The van der Waals surface area contributed by atoms with Crippen molar-refractivity contribution in [2.45, 2.75) is 19.3 Å². The number of halogens is 5. The summed E-state index contributed by atoms with van der Waals surface area (Å²) in [6.07, 6.45) is -3.43. The van der Waals surface area contributed by atoms with E-state index in [4.69, 9.17) is 16.2 Å². The smallest absolute Gasteiger partial charge is 0.382 e. The van der Waals surface area contributed by atoms with Crippen molar-refractivity contribution in [3.63, 3.8) is 0 Å². The quantitative estimate of drug-likeness (QED) is 0.253. The number of ether oxygens (including phenoxy) is 1. The number of morpholine rings is 1. The van der Waals surface area contributed by atoms with Crippen LogP contribution in [-0.4, -0.2) is 51.8 Å². The number of hydrogen-bond donors (Lipinski definition) is 4. The summed E-state index contributed by atoms with van der Waals surface area (Å²) in [5.41, 5.74) is 12.5. The molecule has 3 heterocycles. The molecule has 5 rings (SSSR count). The van der Waals surface area contributed by atoms with Crippen molar-refractivity contribution in [1.29, 1.82) is 0 Å². The molecule has 10 nitrogen and oxygen atoms in total. The third kappa shape index (κ3) is 5.91. The Hall–Kier alpha value is -4.34. The van der Waals surface area contributed by atoms with E-state index in [1.165, 1.54) is 12.4 Å². The molecule has 0 radical (unpaired) electrons. The van der Waals surface area contributed by atoms with Crippen molar-refractivity contribution in [2.24, 2.45) is 5.73 Å². The van der Waals surface area contributed by atoms with Crippen LogP contribution in [0.3, 0.4) is 0 Å². The molecule has 2 amide bonds. The molecule has 1 aliphatic heterocycles. The van der Waals surface area contributed by atoms with Crippen LogP contribution in [0, 0.1) is 11.6 Å². The van der Waals surface area contributed by atoms with Crippen LogP contribution < -0.4 is 22.1 Å². The van der Waals surface area contributed by atoms with Crippen LogP contribution in [0.25, 0.3) is 16.6 Å². The summed E-state index contributed by atoms with van der Waals surface area (Å²) in [5, 5.41) is 8.52. The Morgan fingerprint density at radius 3 is 2.39 bits per heavy atom. The molecule has 6 N–H and O–H groups in total. The van der Waals surface area contributed by atoms with Gasteiger partial charge in [0.25, 0.3) is 0 Å². The van der Waals surface area contributed by atoms with Crippen molar-refractivity contribution in [3.8, 4) is 11.1 Å². The van der Waals surface area contributed by atoms with Gasteiger partial charge in [-0.25, -0.2) is 23.1 Å². The van der Waals surface area contributed by atoms with Crippen molar-refractivity contribution in [1.82, 2.24) is 19.5 Å². The first kappa shape index (κ1) is 28.2. The molecule has 1 aliphatic rings. The summed E-state index contributed by atoms with van der Waals surface area (Å²) >= 11 is 0. The molecule has 4 aromatic rings. The van der Waals surface area contributed by atoms with Crippen LogP contribution in [0.5, 0.6) is 0 Å². The maximum Gasteiger partial charge on any atom is 0.416 e. The Balaban J connectivity index is 1.46. The molecule has 2 aromatic carbocycles. The number of hydrogen-bond acceptors (Lipinski definition) is 7. The molecule has 15 heteroatoms. The summed E-state index contributed by atoms with van der Waals surface area (Å²) in [4.78, 5) is 18.8. The van der Waals surface area contributed by atoms with Crippen LogP contribution in [-0.2, 0) is 24.0 Å². The molecule has 1 fully saturated rings. The predicted octanol–water partition coefficient (Wildman–Crippen LogP) is 4.21. The van der Waals surface area contributed by atoms with E-state index < -0.39 is 35.1 Å². The van der Waals surface area contributed by atoms with Gasteiger partial charge in [-0.1, -0.05) is 0 Å². The number of carbonyl (C=O) groups is 1. The average molecular weight is 577 g/mol. The average Bonchev–Trinajstić information content (AvgIpc) is 3.30. The molecule has 0 aliphatic carbocycles. The molecule has 41 heavy (non-hydrogen) atoms. The topological polar surface area (TPSA) is 136 Å². The van der Waals surface area contributed by atoms with Gasteiger partial charge < -0.3 is 26.8 Å². The zero-order chi connectivity index (χ0) is 29.3. The zero-order valence-electron chi connectivity index (χ0n) is 21.4. The second kappa shape index (κ2) is 11.3. The normalized spacial score (nSPS) is 14.4. The van der Waals surface area contributed by atoms with E-state index in [-0.39, 0.29) is 18.1 Å². The lowest BCUT2D eigenvalue weighted by molar-refractivity contribution is -0.137. The van der Waals surface area contributed by atoms with Gasteiger partial charge in [0.2, 0.25) is 0 Å². The van der Waals surface area contributed by atoms with Gasteiger partial charge in [0.05, 0.1) is 35.8 Å². The summed E-state index contributed by atoms with van der Waals surface area (Å²) in [5.74, 6) is -1.81. The Bertz CT molecular complexity index is 1600. The fourth-order valence-corrected chi connectivity index (χ4v) is 4.65. The standard InChI is InChI=1S/C26H25F5N8O2/c27-19-2-1-15(26(29,30)31)8-22(19)37-25(40)36-21-7-14(11-32)17(10-20(21)28)18-9-16(12-38-3-5-41-6-4-38)39-23(18)24(33)34-13-35-39/h1-2,7-10,13H,3-6,11-12,32H2,(H2,33,34,35)(H2,36,37,40). The van der Waals surface area contributed by atoms with Crippen LogP contribution in [0.15, 0.2) is 42.7 Å². The van der Waals surface area contributed by atoms with Crippen molar-refractivity contribution >= 4 is 28.7 Å². The van der Waals surface area contributed by atoms with Gasteiger partial charge in [-0.2, -0.15) is 18.3 Å². The Morgan fingerprint density at radius 2 is 1.71 bits per heavy atom. The van der Waals surface area contributed by atoms with E-state index >= 15 is 4.39 Å². The lowest BCUT2D eigenvalue weighted by Gasteiger charge is -2.26. The summed E-state index contributed by atoms with van der Waals surface area (Å²) in [6, 6.07) is 4.67. The number of urea groups is 1. The highest BCUT2D eigenvalue weighted by Gasteiger charge is 2.31. The minimum absolute atomic E-state index is 0.0715. The van der Waals surface area contributed by atoms with Crippen molar-refractivity contribution in [2.75, 3.05) is 42.7 Å². The Kier molecular flexibility index (Phi) is 7.75. The summed E-state index contributed by atoms with van der Waals surface area (Å²) in [7, 11) is 0. The van der Waals surface area contributed by atoms with Crippen molar-refractivity contribution in [3.05, 3.63) is 71.2 Å². The van der Waals surface area contributed by atoms with Gasteiger partial charge in [-0.05, 0) is 47.5 Å². The highest BCUT2D eigenvalue weighted by molar-refractivity contribution is 6.00. The minimum atomic E-state index is -4.75. The minimum Gasteiger partial charge on any atom is -0.382 e. The number of nitrogens with one attached hydrogen (secondary N) is 2. The van der Waals surface area contributed by atoms with Gasteiger partial charge in [0, 0.05) is 31.7 Å². The zero-order valence-corrected chi connectivity index (χ0v) is 21.4. The van der Waals surface area contributed by atoms with Crippen LogP contribution in [0.1, 0.15) is 16.8 Å². The molecular formula is C26H25F5N8O2. The monoisotopic (exact) mass is 576 g/mol. The predicted molar refractivity (Wildman–Crippen MR) is 141 cm³/mol. The van der Waals surface area contributed by atoms with Gasteiger partial charge >= 0.3 is 12.2 Å². The number of nitrogen functional groups attached to an aromatic ring is 1. The molecule has 0 saturated carbocycles. The maximum absolute atomic E-state index is 15.3. The number of fused-ring (bicyclic) bond motifs is 1. The number of anilines is 3. The maximum atomic E-state index is 15.3. The summed E-state index contributed by atoms with van der Waals surface area (Å²) < 4.78 is 75.5. The number of benzene rings is 2. The molecular weight excluding hydrogens is 551 g/mol. The fraction of sp³-hybridized carbons (Fsp3) is 0.269. The van der Waals surface area contributed by atoms with E-state index in [1.54, 1.807) is 4.52 Å². The first-order chi connectivity index (χ1) is 19.5. The lowest BCUT2D eigenvalue weighted by Crippen LogP contribution is -2.36. The molecule has 0 atom stereocenters. The van der Waals surface area contributed by atoms with E-state index in [2.05, 4.69) is 20.3 Å². The van der Waals surface area contributed by atoms with E-state index in [1.807, 2.05) is 11.4 Å². The van der Waals surface area contributed by atoms with Crippen molar-refractivity contribution < 1.29 is 31.5 Å².